The van der Waals surface area contributed by atoms with Gasteiger partial charge in [-0.1, -0.05) is 24.9 Å². The van der Waals surface area contributed by atoms with E-state index in [0.29, 0.717) is 12.8 Å². The highest BCUT2D eigenvalue weighted by Crippen LogP contribution is 2.27. The summed E-state index contributed by atoms with van der Waals surface area (Å²) in [5.41, 5.74) is 1.96. The first-order valence-corrected chi connectivity index (χ1v) is 11.7. The summed E-state index contributed by atoms with van der Waals surface area (Å²) in [4.78, 5) is 31.0. The summed E-state index contributed by atoms with van der Waals surface area (Å²) in [6, 6.07) is 7.17. The van der Waals surface area contributed by atoms with E-state index in [1.807, 2.05) is 31.5 Å². The van der Waals surface area contributed by atoms with Gasteiger partial charge >= 0.3 is 0 Å². The van der Waals surface area contributed by atoms with Crippen molar-refractivity contribution in [1.29, 1.82) is 0 Å². The summed E-state index contributed by atoms with van der Waals surface area (Å²) in [6.45, 7) is 5.54. The van der Waals surface area contributed by atoms with Gasteiger partial charge < -0.3 is 9.13 Å². The van der Waals surface area contributed by atoms with E-state index >= 15 is 0 Å². The van der Waals surface area contributed by atoms with Crippen molar-refractivity contribution in [3.05, 3.63) is 116 Å². The molecule has 2 heterocycles. The zero-order valence-electron chi connectivity index (χ0n) is 19.9. The first kappa shape index (κ1) is 25.4. The molecule has 0 spiro atoms. The Morgan fingerprint density at radius 1 is 1.06 bits per heavy atom. The molecule has 0 radical (unpaired) electrons. The van der Waals surface area contributed by atoms with E-state index in [0.717, 1.165) is 29.1 Å². The molecule has 0 N–H and O–H groups in total. The molecule has 1 atom stereocenters. The quantitative estimate of drug-likeness (QED) is 0.214. The molecule has 0 aliphatic carbocycles. The first-order valence-electron chi connectivity index (χ1n) is 11.3. The van der Waals surface area contributed by atoms with E-state index in [-0.39, 0.29) is 21.7 Å². The van der Waals surface area contributed by atoms with Gasteiger partial charge in [-0.3, -0.25) is 9.59 Å². The number of aromatic nitrogens is 3. The van der Waals surface area contributed by atoms with Gasteiger partial charge in [0.1, 0.15) is 0 Å². The fourth-order valence-electron chi connectivity index (χ4n) is 4.26. The van der Waals surface area contributed by atoms with Crippen molar-refractivity contribution < 1.29 is 18.0 Å². The standard InChI is InChI=1S/C27H23ClF3N3O2/c1-4-5-24(18-9-21(29)25(31)22(30)10-18)34-13-19(28)11-20(27(34)36)26(35)17-6-7-23(15(2)8-17)33-12-16(3)32-14-33/h6-14,24H,4-5H2,1-3H3. The molecule has 36 heavy (non-hydrogen) atoms. The largest absolute Gasteiger partial charge is 0.306 e. The minimum absolute atomic E-state index is 0.0619. The van der Waals surface area contributed by atoms with Gasteiger partial charge in [-0.2, -0.15) is 0 Å². The monoisotopic (exact) mass is 513 g/mol. The number of pyridine rings is 1. The van der Waals surface area contributed by atoms with E-state index in [4.69, 9.17) is 11.6 Å². The van der Waals surface area contributed by atoms with Crippen molar-refractivity contribution in [1.82, 2.24) is 14.1 Å². The normalized spacial score (nSPS) is 12.1. The number of halogens is 4. The summed E-state index contributed by atoms with van der Waals surface area (Å²) in [5.74, 6) is -4.85. The van der Waals surface area contributed by atoms with Crippen LogP contribution in [0, 0.1) is 31.3 Å². The molecule has 0 aliphatic heterocycles. The van der Waals surface area contributed by atoms with E-state index in [2.05, 4.69) is 4.98 Å². The zero-order valence-corrected chi connectivity index (χ0v) is 20.6. The Morgan fingerprint density at radius 2 is 1.75 bits per heavy atom. The van der Waals surface area contributed by atoms with Gasteiger partial charge in [-0.05, 0) is 67.8 Å². The molecule has 0 bridgehead atoms. The Bertz CT molecular complexity index is 1500. The van der Waals surface area contributed by atoms with Gasteiger partial charge in [0.25, 0.3) is 5.56 Å². The molecule has 2 aromatic carbocycles. The van der Waals surface area contributed by atoms with Crippen molar-refractivity contribution in [2.75, 3.05) is 0 Å². The molecule has 2 aromatic heterocycles. The Labute approximate surface area is 210 Å². The maximum atomic E-state index is 14.0. The van der Waals surface area contributed by atoms with E-state index < -0.39 is 34.8 Å². The summed E-state index contributed by atoms with van der Waals surface area (Å²) in [6.07, 6.45) is 5.69. The van der Waals surface area contributed by atoms with Gasteiger partial charge in [0.05, 0.1) is 28.6 Å². The average Bonchev–Trinajstić information content (AvgIpc) is 3.27. The van der Waals surface area contributed by atoms with Gasteiger partial charge in [-0.25, -0.2) is 18.2 Å². The number of imidazole rings is 1. The number of carbonyl (C=O) groups is 1. The molecular weight excluding hydrogens is 491 g/mol. The third-order valence-corrected chi connectivity index (χ3v) is 6.20. The third kappa shape index (κ3) is 4.86. The summed E-state index contributed by atoms with van der Waals surface area (Å²) < 4.78 is 44.5. The molecule has 4 aromatic rings. The SMILES string of the molecule is CCCC(c1cc(F)c(F)c(F)c1)n1cc(Cl)cc(C(=O)c2ccc(-n3cnc(C)c3)c(C)c2)c1=O. The van der Waals surface area contributed by atoms with Crippen LogP contribution in [0.5, 0.6) is 0 Å². The highest BCUT2D eigenvalue weighted by molar-refractivity contribution is 6.31. The van der Waals surface area contributed by atoms with Crippen LogP contribution in [0.4, 0.5) is 13.2 Å². The number of benzene rings is 2. The van der Waals surface area contributed by atoms with Gasteiger partial charge in [0.15, 0.2) is 23.2 Å². The van der Waals surface area contributed by atoms with Crippen molar-refractivity contribution in [3.8, 4) is 5.69 Å². The lowest BCUT2D eigenvalue weighted by Gasteiger charge is -2.21. The highest BCUT2D eigenvalue weighted by atomic mass is 35.5. The predicted octanol–water partition coefficient (Wildman–Crippen LogP) is 6.34. The van der Waals surface area contributed by atoms with E-state index in [1.54, 1.807) is 24.5 Å². The van der Waals surface area contributed by atoms with Crippen LogP contribution < -0.4 is 5.56 Å². The number of carbonyl (C=O) groups excluding carboxylic acids is 1. The fraction of sp³-hybridized carbons (Fsp3) is 0.222. The van der Waals surface area contributed by atoms with Crippen LogP contribution in [-0.4, -0.2) is 19.9 Å². The van der Waals surface area contributed by atoms with Crippen molar-refractivity contribution in [3.63, 3.8) is 0 Å². The van der Waals surface area contributed by atoms with E-state index in [1.165, 1.54) is 16.8 Å². The minimum Gasteiger partial charge on any atom is -0.306 e. The van der Waals surface area contributed by atoms with E-state index in [9.17, 15) is 22.8 Å². The van der Waals surface area contributed by atoms with Gasteiger partial charge in [-0.15, -0.1) is 0 Å². The predicted molar refractivity (Wildman–Crippen MR) is 132 cm³/mol. The van der Waals surface area contributed by atoms with Crippen molar-refractivity contribution >= 4 is 17.4 Å². The minimum atomic E-state index is -1.59. The number of nitrogens with zero attached hydrogens (tertiary/aromatic N) is 3. The average molecular weight is 514 g/mol. The number of aryl methyl sites for hydroxylation is 2. The molecule has 0 fully saturated rings. The highest BCUT2D eigenvalue weighted by Gasteiger charge is 2.23. The molecule has 0 saturated heterocycles. The molecule has 0 aliphatic rings. The number of rotatable bonds is 7. The number of ketones is 1. The van der Waals surface area contributed by atoms with Gasteiger partial charge in [0, 0.05) is 23.6 Å². The molecular formula is C27H23ClF3N3O2. The molecule has 186 valence electrons. The van der Waals surface area contributed by atoms with Crippen LogP contribution in [-0.2, 0) is 0 Å². The second-order valence-electron chi connectivity index (χ2n) is 8.64. The Hall–Kier alpha value is -3.65. The van der Waals surface area contributed by atoms with Gasteiger partial charge in [0.2, 0.25) is 0 Å². The number of hydrogen-bond donors (Lipinski definition) is 0. The van der Waals surface area contributed by atoms with Crippen molar-refractivity contribution in [2.24, 2.45) is 0 Å². The third-order valence-electron chi connectivity index (χ3n) is 5.99. The summed E-state index contributed by atoms with van der Waals surface area (Å²) in [5, 5.41) is 0.101. The molecule has 5 nitrogen and oxygen atoms in total. The summed E-state index contributed by atoms with van der Waals surface area (Å²) >= 11 is 6.28. The van der Waals surface area contributed by atoms with Crippen LogP contribution in [0.1, 0.15) is 58.5 Å². The lowest BCUT2D eigenvalue weighted by molar-refractivity contribution is 0.103. The second-order valence-corrected chi connectivity index (χ2v) is 9.08. The van der Waals surface area contributed by atoms with Crippen LogP contribution >= 0.6 is 11.6 Å². The van der Waals surface area contributed by atoms with Crippen molar-refractivity contribution in [2.45, 2.75) is 39.7 Å². The van der Waals surface area contributed by atoms with Crippen LogP contribution in [0.3, 0.4) is 0 Å². The summed E-state index contributed by atoms with van der Waals surface area (Å²) in [7, 11) is 0. The molecule has 4 rings (SSSR count). The first-order chi connectivity index (χ1) is 17.1. The zero-order chi connectivity index (χ0) is 26.1. The lowest BCUT2D eigenvalue weighted by Crippen LogP contribution is -2.30. The molecule has 0 amide bonds. The smallest absolute Gasteiger partial charge is 0.262 e. The molecule has 9 heteroatoms. The lowest BCUT2D eigenvalue weighted by atomic mass is 9.99. The maximum absolute atomic E-state index is 14.0. The van der Waals surface area contributed by atoms with Crippen LogP contribution in [0.15, 0.2) is 59.9 Å². The Balaban J connectivity index is 1.78. The second kappa shape index (κ2) is 10.1. The molecule has 0 saturated carbocycles. The van der Waals surface area contributed by atoms with Crippen LogP contribution in [0.2, 0.25) is 5.02 Å². The Kier molecular flexibility index (Phi) is 7.17. The molecule has 1 unspecified atom stereocenters. The number of hydrogen-bond acceptors (Lipinski definition) is 3. The fourth-order valence-corrected chi connectivity index (χ4v) is 4.48. The topological polar surface area (TPSA) is 56.9 Å². The Morgan fingerprint density at radius 3 is 2.33 bits per heavy atom. The van der Waals surface area contributed by atoms with Crippen LogP contribution in [0.25, 0.3) is 5.69 Å². The maximum Gasteiger partial charge on any atom is 0.262 e.